The van der Waals surface area contributed by atoms with E-state index in [1.807, 2.05) is 55.8 Å². The second-order valence-corrected chi connectivity index (χ2v) is 10.4. The predicted molar refractivity (Wildman–Crippen MR) is 136 cm³/mol. The summed E-state index contributed by atoms with van der Waals surface area (Å²) in [5, 5.41) is 13.3. The van der Waals surface area contributed by atoms with Crippen LogP contribution in [0.15, 0.2) is 52.3 Å². The number of carbonyl (C=O) groups excluding carboxylic acids is 2. The highest BCUT2D eigenvalue weighted by Crippen LogP contribution is 2.36. The van der Waals surface area contributed by atoms with E-state index in [9.17, 15) is 9.59 Å². The molecule has 3 aromatic rings. The summed E-state index contributed by atoms with van der Waals surface area (Å²) in [6.45, 7) is 6.26. The van der Waals surface area contributed by atoms with Crippen molar-refractivity contribution in [2.75, 3.05) is 25.5 Å². The van der Waals surface area contributed by atoms with E-state index < -0.39 is 0 Å². The molecule has 0 spiro atoms. The van der Waals surface area contributed by atoms with Crippen LogP contribution in [0, 0.1) is 20.8 Å². The molecule has 8 heteroatoms. The van der Waals surface area contributed by atoms with Gasteiger partial charge in [-0.1, -0.05) is 29.8 Å². The van der Waals surface area contributed by atoms with Gasteiger partial charge in [0.2, 0.25) is 5.91 Å². The number of benzene rings is 1. The summed E-state index contributed by atoms with van der Waals surface area (Å²) in [6.07, 6.45) is 0.697. The zero-order valence-electron chi connectivity index (χ0n) is 19.3. The van der Waals surface area contributed by atoms with E-state index in [1.165, 1.54) is 5.56 Å². The van der Waals surface area contributed by atoms with E-state index in [0.29, 0.717) is 6.42 Å². The molecule has 6 nitrogen and oxygen atoms in total. The number of rotatable bonds is 7. The second-order valence-electron chi connectivity index (χ2n) is 8.49. The van der Waals surface area contributed by atoms with Crippen molar-refractivity contribution >= 4 is 45.9 Å². The number of nitrogens with zero attached hydrogens (tertiary/aromatic N) is 3. The van der Waals surface area contributed by atoms with Crippen LogP contribution in [0.2, 0.25) is 0 Å². The van der Waals surface area contributed by atoms with Gasteiger partial charge in [0, 0.05) is 17.0 Å². The van der Waals surface area contributed by atoms with Gasteiger partial charge >= 0.3 is 0 Å². The highest BCUT2D eigenvalue weighted by atomic mass is 32.1. The van der Waals surface area contributed by atoms with Crippen molar-refractivity contribution in [3.8, 4) is 0 Å². The molecule has 172 valence electrons. The Morgan fingerprint density at radius 2 is 1.79 bits per heavy atom. The van der Waals surface area contributed by atoms with E-state index in [4.69, 9.17) is 0 Å². The van der Waals surface area contributed by atoms with Crippen molar-refractivity contribution in [3.63, 3.8) is 0 Å². The van der Waals surface area contributed by atoms with Gasteiger partial charge in [-0.3, -0.25) is 14.5 Å². The fraction of sp³-hybridized carbons (Fsp3) is 0.320. The van der Waals surface area contributed by atoms with Crippen molar-refractivity contribution < 1.29 is 9.59 Å². The summed E-state index contributed by atoms with van der Waals surface area (Å²) < 4.78 is 0. The molecule has 0 aliphatic carbocycles. The van der Waals surface area contributed by atoms with E-state index in [-0.39, 0.29) is 30.9 Å². The van der Waals surface area contributed by atoms with Crippen LogP contribution in [0.5, 0.6) is 0 Å². The van der Waals surface area contributed by atoms with E-state index in [0.717, 1.165) is 32.3 Å². The highest BCUT2D eigenvalue weighted by Gasteiger charge is 2.34. The third-order valence-corrected chi connectivity index (χ3v) is 7.50. The largest absolute Gasteiger partial charge is 0.324 e. The van der Waals surface area contributed by atoms with Crippen LogP contribution in [-0.2, 0) is 9.59 Å². The fourth-order valence-corrected chi connectivity index (χ4v) is 5.73. The zero-order valence-corrected chi connectivity index (χ0v) is 20.9. The quantitative estimate of drug-likeness (QED) is 0.519. The number of anilines is 1. The molecule has 0 saturated heterocycles. The molecular weight excluding hydrogens is 452 g/mol. The fourth-order valence-electron chi connectivity index (χ4n) is 4.19. The van der Waals surface area contributed by atoms with Crippen LogP contribution < -0.4 is 5.32 Å². The van der Waals surface area contributed by atoms with Crippen LogP contribution >= 0.6 is 22.7 Å². The van der Waals surface area contributed by atoms with Gasteiger partial charge in [-0.25, -0.2) is 5.01 Å². The smallest absolute Gasteiger partial charge is 0.257 e. The number of aryl methyl sites for hydroxylation is 3. The van der Waals surface area contributed by atoms with E-state index in [2.05, 4.69) is 22.6 Å². The third-order valence-electron chi connectivity index (χ3n) is 5.60. The summed E-state index contributed by atoms with van der Waals surface area (Å²) in [5.74, 6) is -0.252. The second kappa shape index (κ2) is 9.99. The van der Waals surface area contributed by atoms with Gasteiger partial charge in [-0.2, -0.15) is 5.10 Å². The number of thiophene rings is 2. The molecule has 33 heavy (non-hydrogen) atoms. The number of hydrazone groups is 1. The van der Waals surface area contributed by atoms with E-state index in [1.54, 1.807) is 39.6 Å². The van der Waals surface area contributed by atoms with Crippen molar-refractivity contribution in [1.82, 2.24) is 9.91 Å². The topological polar surface area (TPSA) is 65.0 Å². The number of hydrogen-bond donors (Lipinski definition) is 1. The standard InChI is InChI=1S/C25H28N4O2S2/c1-16-11-17(2)25(18(3)12-16)26-23(30)14-28(4)15-24(31)29-20(22-8-6-10-33-22)13-19(27-29)21-7-5-9-32-21/h5-12,20H,13-15H2,1-4H3,(H,26,30). The molecule has 0 fully saturated rings. The Morgan fingerprint density at radius 1 is 1.09 bits per heavy atom. The van der Waals surface area contributed by atoms with Gasteiger partial charge in [0.15, 0.2) is 0 Å². The van der Waals surface area contributed by atoms with Crippen LogP contribution in [0.3, 0.4) is 0 Å². The molecule has 1 aromatic carbocycles. The lowest BCUT2D eigenvalue weighted by molar-refractivity contribution is -0.134. The lowest BCUT2D eigenvalue weighted by atomic mass is 10.1. The lowest BCUT2D eigenvalue weighted by Crippen LogP contribution is -2.39. The van der Waals surface area contributed by atoms with Crippen LogP contribution in [0.1, 0.15) is 38.9 Å². The summed E-state index contributed by atoms with van der Waals surface area (Å²) in [5.41, 5.74) is 5.01. The first kappa shape index (κ1) is 23.4. The Kier molecular flexibility index (Phi) is 7.07. The van der Waals surface area contributed by atoms with Gasteiger partial charge in [-0.15, -0.1) is 22.7 Å². The van der Waals surface area contributed by atoms with Gasteiger partial charge in [0.25, 0.3) is 5.91 Å². The molecule has 4 rings (SSSR count). The maximum Gasteiger partial charge on any atom is 0.257 e. The Bertz CT molecular complexity index is 1150. The normalized spacial score (nSPS) is 15.7. The Balaban J connectivity index is 1.42. The minimum Gasteiger partial charge on any atom is -0.324 e. The maximum atomic E-state index is 13.2. The van der Waals surface area contributed by atoms with Crippen LogP contribution in [0.4, 0.5) is 5.69 Å². The average Bonchev–Trinajstić information content (AvgIpc) is 3.51. The summed E-state index contributed by atoms with van der Waals surface area (Å²) in [7, 11) is 1.78. The van der Waals surface area contributed by atoms with Crippen molar-refractivity contribution in [2.45, 2.75) is 33.2 Å². The Hall–Kier alpha value is -2.81. The minimum absolute atomic E-state index is 0.102. The number of likely N-dealkylation sites (N-methyl/N-ethyl adjacent to an activating group) is 1. The summed E-state index contributed by atoms with van der Waals surface area (Å²) >= 11 is 3.26. The molecule has 2 aromatic heterocycles. The number of carbonyl (C=O) groups is 2. The first-order valence-electron chi connectivity index (χ1n) is 10.8. The van der Waals surface area contributed by atoms with Crippen LogP contribution in [0.25, 0.3) is 0 Å². The first-order valence-corrected chi connectivity index (χ1v) is 12.6. The van der Waals surface area contributed by atoms with Gasteiger partial charge < -0.3 is 5.32 Å². The molecule has 1 aliphatic rings. The van der Waals surface area contributed by atoms with Gasteiger partial charge in [-0.05, 0) is 61.8 Å². The van der Waals surface area contributed by atoms with Crippen molar-refractivity contribution in [3.05, 3.63) is 73.6 Å². The van der Waals surface area contributed by atoms with Crippen LogP contribution in [-0.4, -0.2) is 47.6 Å². The highest BCUT2D eigenvalue weighted by molar-refractivity contribution is 7.12. The molecule has 3 heterocycles. The molecule has 0 bridgehead atoms. The summed E-state index contributed by atoms with van der Waals surface area (Å²) in [6, 6.07) is 12.1. The van der Waals surface area contributed by atoms with Gasteiger partial charge in [0.05, 0.1) is 29.7 Å². The minimum atomic E-state index is -0.139. The lowest BCUT2D eigenvalue weighted by Gasteiger charge is -2.24. The Labute approximate surface area is 202 Å². The summed E-state index contributed by atoms with van der Waals surface area (Å²) in [4.78, 5) is 29.8. The molecule has 1 N–H and O–H groups in total. The molecular formula is C25H28N4O2S2. The molecule has 1 unspecified atom stereocenters. The Morgan fingerprint density at radius 3 is 2.42 bits per heavy atom. The monoisotopic (exact) mass is 480 g/mol. The first-order chi connectivity index (χ1) is 15.8. The predicted octanol–water partition coefficient (Wildman–Crippen LogP) is 4.98. The average molecular weight is 481 g/mol. The van der Waals surface area contributed by atoms with Crippen molar-refractivity contribution in [2.24, 2.45) is 5.10 Å². The number of hydrogen-bond acceptors (Lipinski definition) is 6. The number of amides is 2. The molecule has 0 radical (unpaired) electrons. The third kappa shape index (κ3) is 5.40. The SMILES string of the molecule is Cc1cc(C)c(NC(=O)CN(C)CC(=O)N2N=C(c3cccs3)CC2c2cccs2)c(C)c1. The van der Waals surface area contributed by atoms with Crippen molar-refractivity contribution in [1.29, 1.82) is 0 Å². The molecule has 2 amide bonds. The maximum absolute atomic E-state index is 13.2. The number of nitrogens with one attached hydrogen (secondary N) is 1. The molecule has 1 atom stereocenters. The zero-order chi connectivity index (χ0) is 23.5. The molecule has 1 aliphatic heterocycles. The van der Waals surface area contributed by atoms with Gasteiger partial charge in [0.1, 0.15) is 0 Å². The van der Waals surface area contributed by atoms with E-state index >= 15 is 0 Å². The molecule has 0 saturated carbocycles.